The van der Waals surface area contributed by atoms with Crippen molar-refractivity contribution in [2.45, 2.75) is 50.7 Å². The molecule has 5 nitrogen and oxygen atoms in total. The fourth-order valence-corrected chi connectivity index (χ4v) is 4.29. The molecule has 1 atom stereocenters. The number of hydrogen-bond donors (Lipinski definition) is 1. The summed E-state index contributed by atoms with van der Waals surface area (Å²) in [7, 11) is 0. The van der Waals surface area contributed by atoms with Crippen LogP contribution in [-0.4, -0.2) is 26.7 Å². The monoisotopic (exact) mass is 400 g/mol. The Morgan fingerprint density at radius 3 is 2.81 bits per heavy atom. The summed E-state index contributed by atoms with van der Waals surface area (Å²) in [5.41, 5.74) is 1.80. The van der Waals surface area contributed by atoms with Gasteiger partial charge in [-0.25, -0.2) is 0 Å². The first-order valence-corrected chi connectivity index (χ1v) is 11.0. The van der Waals surface area contributed by atoms with Crippen LogP contribution in [0.1, 0.15) is 43.1 Å². The van der Waals surface area contributed by atoms with E-state index in [4.69, 9.17) is 0 Å². The van der Waals surface area contributed by atoms with E-state index >= 15 is 0 Å². The van der Waals surface area contributed by atoms with Crippen LogP contribution in [0.2, 0.25) is 0 Å². The SMILES string of the molecule is CC[C@@H](C)NC(=O)c1cccc(CSc2nnc(-c3cccs3)n2CC)c1. The highest BCUT2D eigenvalue weighted by Gasteiger charge is 2.14. The Hall–Kier alpha value is -2.12. The average molecular weight is 401 g/mol. The molecular formula is C20H24N4OS2. The molecule has 142 valence electrons. The van der Waals surface area contributed by atoms with Gasteiger partial charge in [0.05, 0.1) is 4.88 Å². The van der Waals surface area contributed by atoms with Crippen molar-refractivity contribution in [3.8, 4) is 10.7 Å². The van der Waals surface area contributed by atoms with E-state index in [0.29, 0.717) is 5.56 Å². The summed E-state index contributed by atoms with van der Waals surface area (Å²) in [5.74, 6) is 1.64. The minimum absolute atomic E-state index is 0.0205. The van der Waals surface area contributed by atoms with E-state index in [1.54, 1.807) is 23.1 Å². The molecule has 0 aliphatic carbocycles. The first-order chi connectivity index (χ1) is 13.1. The summed E-state index contributed by atoms with van der Waals surface area (Å²) < 4.78 is 2.13. The molecule has 3 rings (SSSR count). The van der Waals surface area contributed by atoms with Crippen molar-refractivity contribution in [1.29, 1.82) is 0 Å². The molecule has 1 aromatic carbocycles. The first kappa shape index (κ1) is 19.6. The van der Waals surface area contributed by atoms with Gasteiger partial charge in [0, 0.05) is 23.9 Å². The van der Waals surface area contributed by atoms with E-state index in [1.165, 1.54) is 0 Å². The highest BCUT2D eigenvalue weighted by Crippen LogP contribution is 2.28. The molecule has 27 heavy (non-hydrogen) atoms. The number of benzene rings is 1. The van der Waals surface area contributed by atoms with Crippen molar-refractivity contribution in [2.24, 2.45) is 0 Å². The van der Waals surface area contributed by atoms with Crippen LogP contribution in [0.5, 0.6) is 0 Å². The van der Waals surface area contributed by atoms with Crippen LogP contribution in [-0.2, 0) is 12.3 Å². The molecule has 1 amide bonds. The molecule has 2 heterocycles. The van der Waals surface area contributed by atoms with E-state index in [9.17, 15) is 4.79 Å². The van der Waals surface area contributed by atoms with Crippen LogP contribution in [0.4, 0.5) is 0 Å². The lowest BCUT2D eigenvalue weighted by Crippen LogP contribution is -2.31. The minimum Gasteiger partial charge on any atom is -0.350 e. The predicted octanol–water partition coefficient (Wildman–Crippen LogP) is 4.85. The van der Waals surface area contributed by atoms with E-state index in [0.717, 1.165) is 40.1 Å². The highest BCUT2D eigenvalue weighted by atomic mass is 32.2. The molecule has 0 bridgehead atoms. The first-order valence-electron chi connectivity index (χ1n) is 9.12. The third-order valence-corrected chi connectivity index (χ3v) is 6.23. The molecule has 0 unspecified atom stereocenters. The number of hydrogen-bond acceptors (Lipinski definition) is 5. The summed E-state index contributed by atoms with van der Waals surface area (Å²) in [6, 6.07) is 12.1. The normalized spacial score (nSPS) is 12.1. The second-order valence-electron chi connectivity index (χ2n) is 6.30. The van der Waals surface area contributed by atoms with Gasteiger partial charge in [-0.1, -0.05) is 36.9 Å². The van der Waals surface area contributed by atoms with Gasteiger partial charge in [0.25, 0.3) is 5.91 Å². The van der Waals surface area contributed by atoms with Gasteiger partial charge in [0.1, 0.15) is 0 Å². The third-order valence-electron chi connectivity index (χ3n) is 4.32. The fourth-order valence-electron chi connectivity index (χ4n) is 2.63. The van der Waals surface area contributed by atoms with Crippen molar-refractivity contribution in [2.75, 3.05) is 0 Å². The Morgan fingerprint density at radius 2 is 2.11 bits per heavy atom. The number of thioether (sulfide) groups is 1. The molecule has 2 aromatic heterocycles. The molecule has 7 heteroatoms. The smallest absolute Gasteiger partial charge is 0.251 e. The van der Waals surface area contributed by atoms with Gasteiger partial charge < -0.3 is 9.88 Å². The Balaban J connectivity index is 1.70. The molecule has 3 aromatic rings. The van der Waals surface area contributed by atoms with Gasteiger partial charge >= 0.3 is 0 Å². The molecule has 0 aliphatic rings. The summed E-state index contributed by atoms with van der Waals surface area (Å²) in [6.07, 6.45) is 0.917. The number of thiophene rings is 1. The number of amides is 1. The topological polar surface area (TPSA) is 59.8 Å². The summed E-state index contributed by atoms with van der Waals surface area (Å²) in [5, 5.41) is 14.7. The molecule has 0 saturated carbocycles. The Bertz CT molecular complexity index is 889. The van der Waals surface area contributed by atoms with E-state index in [-0.39, 0.29) is 11.9 Å². The maximum absolute atomic E-state index is 12.3. The molecule has 1 N–H and O–H groups in total. The summed E-state index contributed by atoms with van der Waals surface area (Å²) >= 11 is 3.31. The van der Waals surface area contributed by atoms with E-state index < -0.39 is 0 Å². The quantitative estimate of drug-likeness (QED) is 0.549. The number of carbonyl (C=O) groups excluding carboxylic acids is 1. The molecule has 0 spiro atoms. The molecule has 0 aliphatic heterocycles. The number of nitrogens with zero attached hydrogens (tertiary/aromatic N) is 3. The second-order valence-corrected chi connectivity index (χ2v) is 8.19. The van der Waals surface area contributed by atoms with Crippen LogP contribution < -0.4 is 5.32 Å². The van der Waals surface area contributed by atoms with Gasteiger partial charge in [-0.2, -0.15) is 0 Å². The van der Waals surface area contributed by atoms with Crippen LogP contribution in [0.15, 0.2) is 46.9 Å². The zero-order valence-electron chi connectivity index (χ0n) is 15.8. The zero-order chi connectivity index (χ0) is 19.2. The van der Waals surface area contributed by atoms with Crippen LogP contribution in [0, 0.1) is 0 Å². The molecule has 0 fully saturated rings. The van der Waals surface area contributed by atoms with Gasteiger partial charge in [-0.3, -0.25) is 4.79 Å². The lowest BCUT2D eigenvalue weighted by molar-refractivity contribution is 0.0939. The van der Waals surface area contributed by atoms with Crippen LogP contribution >= 0.6 is 23.1 Å². The van der Waals surface area contributed by atoms with Crippen molar-refractivity contribution >= 4 is 29.0 Å². The number of aromatic nitrogens is 3. The summed E-state index contributed by atoms with van der Waals surface area (Å²) in [4.78, 5) is 13.5. The van der Waals surface area contributed by atoms with Gasteiger partial charge in [-0.15, -0.1) is 21.5 Å². The Labute approximate surface area is 168 Å². The lowest BCUT2D eigenvalue weighted by Gasteiger charge is -2.12. The maximum Gasteiger partial charge on any atom is 0.251 e. The molecule has 0 radical (unpaired) electrons. The van der Waals surface area contributed by atoms with Crippen LogP contribution in [0.3, 0.4) is 0 Å². The second kappa shape index (κ2) is 9.19. The largest absolute Gasteiger partial charge is 0.350 e. The predicted molar refractivity (Wildman–Crippen MR) is 112 cm³/mol. The standard InChI is InChI=1S/C20H24N4OS2/c1-4-14(3)21-19(25)16-9-6-8-15(12-16)13-27-20-23-22-18(24(20)5-2)17-10-7-11-26-17/h6-12,14H,4-5,13H2,1-3H3,(H,21,25)/t14-/m1/s1. The maximum atomic E-state index is 12.3. The Kier molecular flexibility index (Phi) is 6.68. The zero-order valence-corrected chi connectivity index (χ0v) is 17.4. The fraction of sp³-hybridized carbons (Fsp3) is 0.350. The van der Waals surface area contributed by atoms with E-state index in [1.807, 2.05) is 42.6 Å². The van der Waals surface area contributed by atoms with Crippen molar-refractivity contribution in [1.82, 2.24) is 20.1 Å². The average Bonchev–Trinajstić information content (AvgIpc) is 3.35. The third kappa shape index (κ3) is 4.78. The van der Waals surface area contributed by atoms with E-state index in [2.05, 4.69) is 40.0 Å². The van der Waals surface area contributed by atoms with Gasteiger partial charge in [-0.05, 0) is 49.4 Å². The lowest BCUT2D eigenvalue weighted by atomic mass is 10.1. The number of rotatable bonds is 8. The van der Waals surface area contributed by atoms with Crippen molar-refractivity contribution < 1.29 is 4.79 Å². The number of carbonyl (C=O) groups is 1. The van der Waals surface area contributed by atoms with Crippen molar-refractivity contribution in [3.63, 3.8) is 0 Å². The highest BCUT2D eigenvalue weighted by molar-refractivity contribution is 7.98. The molecule has 0 saturated heterocycles. The van der Waals surface area contributed by atoms with Crippen molar-refractivity contribution in [3.05, 3.63) is 52.9 Å². The number of nitrogens with one attached hydrogen (secondary N) is 1. The summed E-state index contributed by atoms with van der Waals surface area (Å²) in [6.45, 7) is 7.00. The Morgan fingerprint density at radius 1 is 1.26 bits per heavy atom. The minimum atomic E-state index is -0.0205. The molecular weight excluding hydrogens is 376 g/mol. The van der Waals surface area contributed by atoms with Gasteiger partial charge in [0.15, 0.2) is 11.0 Å². The van der Waals surface area contributed by atoms with Gasteiger partial charge in [0.2, 0.25) is 0 Å². The van der Waals surface area contributed by atoms with Crippen LogP contribution in [0.25, 0.3) is 10.7 Å².